The monoisotopic (exact) mass is 570 g/mol. The third-order valence-corrected chi connectivity index (χ3v) is 7.01. The predicted molar refractivity (Wildman–Crippen MR) is 148 cm³/mol. The summed E-state index contributed by atoms with van der Waals surface area (Å²) in [6, 6.07) is 11.5. The van der Waals surface area contributed by atoms with Crippen LogP contribution in [0.25, 0.3) is 11.1 Å². The lowest BCUT2D eigenvalue weighted by Crippen LogP contribution is -2.43. The van der Waals surface area contributed by atoms with Crippen LogP contribution in [0.5, 0.6) is 0 Å². The van der Waals surface area contributed by atoms with Crippen LogP contribution in [0.15, 0.2) is 54.7 Å². The molecule has 2 aliphatic rings. The molecule has 41 heavy (non-hydrogen) atoms. The van der Waals surface area contributed by atoms with Crippen LogP contribution in [0.3, 0.4) is 0 Å². The topological polar surface area (TPSA) is 98.4 Å². The number of anilines is 3. The van der Waals surface area contributed by atoms with E-state index in [2.05, 4.69) is 26.3 Å². The first kappa shape index (κ1) is 28.5. The van der Waals surface area contributed by atoms with Crippen LogP contribution in [-0.2, 0) is 22.3 Å². The number of nitrogens with one attached hydrogen (secondary N) is 4. The molecular formula is C29H30F4N6O2. The van der Waals surface area contributed by atoms with Crippen LogP contribution < -0.4 is 21.3 Å². The van der Waals surface area contributed by atoms with Gasteiger partial charge >= 0.3 is 6.18 Å². The highest BCUT2D eigenvalue weighted by atomic mass is 19.4. The molecule has 1 saturated carbocycles. The number of amides is 2. The zero-order valence-electron chi connectivity index (χ0n) is 22.2. The van der Waals surface area contributed by atoms with Crippen molar-refractivity contribution < 1.29 is 27.2 Å². The van der Waals surface area contributed by atoms with Gasteiger partial charge in [-0.1, -0.05) is 12.1 Å². The summed E-state index contributed by atoms with van der Waals surface area (Å²) in [7, 11) is 0. The normalized spacial score (nSPS) is 15.8. The number of pyridine rings is 1. The van der Waals surface area contributed by atoms with E-state index in [9.17, 15) is 27.2 Å². The van der Waals surface area contributed by atoms with Crippen molar-refractivity contribution in [1.82, 2.24) is 15.2 Å². The lowest BCUT2D eigenvalue weighted by atomic mass is 10.0. The molecule has 0 unspecified atom stereocenters. The van der Waals surface area contributed by atoms with Gasteiger partial charge in [-0.2, -0.15) is 13.2 Å². The van der Waals surface area contributed by atoms with Gasteiger partial charge < -0.3 is 21.3 Å². The summed E-state index contributed by atoms with van der Waals surface area (Å²) in [5.74, 6) is -0.813. The van der Waals surface area contributed by atoms with Crippen molar-refractivity contribution in [2.75, 3.05) is 48.7 Å². The fraction of sp³-hybridized carbons (Fsp3) is 0.345. The lowest BCUT2D eigenvalue weighted by Gasteiger charge is -2.28. The van der Waals surface area contributed by atoms with Gasteiger partial charge in [0.1, 0.15) is 11.6 Å². The van der Waals surface area contributed by atoms with Gasteiger partial charge in [0.25, 0.3) is 0 Å². The summed E-state index contributed by atoms with van der Waals surface area (Å²) in [5.41, 5.74) is 0.603. The van der Waals surface area contributed by atoms with E-state index in [1.54, 1.807) is 18.2 Å². The van der Waals surface area contributed by atoms with Gasteiger partial charge in [-0.15, -0.1) is 0 Å². The quantitative estimate of drug-likeness (QED) is 0.278. The van der Waals surface area contributed by atoms with Crippen molar-refractivity contribution in [3.05, 3.63) is 71.7 Å². The predicted octanol–water partition coefficient (Wildman–Crippen LogP) is 4.71. The number of alkyl halides is 3. The minimum atomic E-state index is -4.58. The summed E-state index contributed by atoms with van der Waals surface area (Å²) in [6.07, 6.45) is -1.28. The second-order valence-corrected chi connectivity index (χ2v) is 10.2. The van der Waals surface area contributed by atoms with E-state index in [-0.39, 0.29) is 41.9 Å². The molecule has 2 heterocycles. The van der Waals surface area contributed by atoms with E-state index in [1.807, 2.05) is 4.90 Å². The fourth-order valence-electron chi connectivity index (χ4n) is 4.60. The number of rotatable bonds is 9. The molecule has 1 aliphatic carbocycles. The first-order chi connectivity index (χ1) is 19.7. The zero-order valence-corrected chi connectivity index (χ0v) is 22.2. The molecule has 216 valence electrons. The van der Waals surface area contributed by atoms with E-state index in [4.69, 9.17) is 0 Å². The molecule has 0 radical (unpaired) electrons. The number of benzene rings is 2. The first-order valence-electron chi connectivity index (χ1n) is 13.4. The molecule has 2 amide bonds. The third-order valence-electron chi connectivity index (χ3n) is 7.01. The smallest absolute Gasteiger partial charge is 0.374 e. The van der Waals surface area contributed by atoms with E-state index in [1.165, 1.54) is 30.5 Å². The van der Waals surface area contributed by atoms with Crippen molar-refractivity contribution in [2.24, 2.45) is 5.92 Å². The number of nitrogens with zero attached hydrogens (tertiary/aromatic N) is 2. The maximum absolute atomic E-state index is 14.8. The maximum Gasteiger partial charge on any atom is 0.416 e. The van der Waals surface area contributed by atoms with Crippen LogP contribution in [0.4, 0.5) is 34.8 Å². The molecule has 1 aromatic heterocycles. The molecule has 0 bridgehead atoms. The van der Waals surface area contributed by atoms with Crippen molar-refractivity contribution >= 4 is 29.0 Å². The number of aromatic nitrogens is 1. The average Bonchev–Trinajstić information content (AvgIpc) is 3.80. The number of hydrogen-bond donors (Lipinski definition) is 4. The summed E-state index contributed by atoms with van der Waals surface area (Å²) >= 11 is 0. The maximum atomic E-state index is 14.8. The van der Waals surface area contributed by atoms with Crippen molar-refractivity contribution in [3.8, 4) is 11.1 Å². The van der Waals surface area contributed by atoms with Gasteiger partial charge in [0.05, 0.1) is 17.8 Å². The van der Waals surface area contributed by atoms with E-state index in [0.29, 0.717) is 30.0 Å². The van der Waals surface area contributed by atoms with Crippen LogP contribution in [0, 0.1) is 11.7 Å². The Balaban J connectivity index is 1.17. The summed E-state index contributed by atoms with van der Waals surface area (Å²) in [6.45, 7) is 2.56. The summed E-state index contributed by atoms with van der Waals surface area (Å²) < 4.78 is 56.1. The first-order valence-corrected chi connectivity index (χ1v) is 13.4. The Morgan fingerprint density at radius 3 is 2.39 bits per heavy atom. The third kappa shape index (κ3) is 7.59. The highest BCUT2D eigenvalue weighted by Gasteiger charge is 2.34. The summed E-state index contributed by atoms with van der Waals surface area (Å²) in [4.78, 5) is 30.5. The van der Waals surface area contributed by atoms with Crippen LogP contribution in [0.1, 0.15) is 24.0 Å². The van der Waals surface area contributed by atoms with Gasteiger partial charge in [-0.3, -0.25) is 14.5 Å². The van der Waals surface area contributed by atoms with Crippen molar-refractivity contribution in [1.29, 1.82) is 0 Å². The Hall–Kier alpha value is -4.03. The molecule has 5 rings (SSSR count). The standard InChI is InChI=1S/C29H30F4N6O2/c30-24-13-19(20-5-8-26(36-15-20)38-28(41)18-1-2-18)4-7-25(24)35-16-27(40)37-22-6-3-21(23(14-22)29(31,32)33)17-39-11-9-34-10-12-39/h3-8,13-15,18,34-35H,1-2,9-12,16-17H2,(H,37,40)(H,36,38,41). The minimum Gasteiger partial charge on any atom is -0.374 e. The van der Waals surface area contributed by atoms with Crippen LogP contribution in [0.2, 0.25) is 0 Å². The Labute approximate surface area is 234 Å². The van der Waals surface area contributed by atoms with Crippen LogP contribution in [-0.4, -0.2) is 54.4 Å². The Bertz CT molecular complexity index is 1400. The largest absolute Gasteiger partial charge is 0.416 e. The van der Waals surface area contributed by atoms with Gasteiger partial charge in [0, 0.05) is 56.1 Å². The van der Waals surface area contributed by atoms with Crippen molar-refractivity contribution in [2.45, 2.75) is 25.6 Å². The number of halogens is 4. The second-order valence-electron chi connectivity index (χ2n) is 10.2. The minimum absolute atomic E-state index is 0.00766. The van der Waals surface area contributed by atoms with Gasteiger partial charge in [-0.25, -0.2) is 9.37 Å². The molecule has 3 aromatic rings. The van der Waals surface area contributed by atoms with Crippen LogP contribution >= 0.6 is 0 Å². The summed E-state index contributed by atoms with van der Waals surface area (Å²) in [5, 5.41) is 11.1. The molecule has 2 fully saturated rings. The molecule has 4 N–H and O–H groups in total. The Morgan fingerprint density at radius 1 is 0.976 bits per heavy atom. The average molecular weight is 571 g/mol. The number of hydrogen-bond acceptors (Lipinski definition) is 6. The van der Waals surface area contributed by atoms with Gasteiger partial charge in [0.2, 0.25) is 11.8 Å². The number of carbonyl (C=O) groups excluding carboxylic acids is 2. The number of piperazine rings is 1. The number of carbonyl (C=O) groups is 2. The molecule has 0 atom stereocenters. The molecule has 0 spiro atoms. The van der Waals surface area contributed by atoms with E-state index < -0.39 is 23.5 Å². The SMILES string of the molecule is O=C(CNc1ccc(-c2ccc(NC(=O)C3CC3)nc2)cc1F)Nc1ccc(CN2CCNCC2)c(C(F)(F)F)c1. The Morgan fingerprint density at radius 2 is 1.73 bits per heavy atom. The lowest BCUT2D eigenvalue weighted by molar-refractivity contribution is -0.138. The molecule has 8 nitrogen and oxygen atoms in total. The van der Waals surface area contributed by atoms with Gasteiger partial charge in [-0.05, 0) is 60.4 Å². The highest BCUT2D eigenvalue weighted by Crippen LogP contribution is 2.35. The van der Waals surface area contributed by atoms with Crippen molar-refractivity contribution in [3.63, 3.8) is 0 Å². The highest BCUT2D eigenvalue weighted by molar-refractivity contribution is 5.94. The second kappa shape index (κ2) is 12.2. The molecule has 1 saturated heterocycles. The molecule has 12 heteroatoms. The van der Waals surface area contributed by atoms with E-state index in [0.717, 1.165) is 32.0 Å². The van der Waals surface area contributed by atoms with Gasteiger partial charge in [0.15, 0.2) is 0 Å². The molecule has 2 aromatic carbocycles. The Kier molecular flexibility index (Phi) is 8.50. The fourth-order valence-corrected chi connectivity index (χ4v) is 4.60. The molecule has 1 aliphatic heterocycles. The molecular weight excluding hydrogens is 540 g/mol. The van der Waals surface area contributed by atoms with E-state index >= 15 is 0 Å². The zero-order chi connectivity index (χ0) is 29.0.